The van der Waals surface area contributed by atoms with Gasteiger partial charge < -0.3 is 14.9 Å². The van der Waals surface area contributed by atoms with Crippen LogP contribution in [0.15, 0.2) is 0 Å². The topological polar surface area (TPSA) is 53.0 Å². The second-order valence-corrected chi connectivity index (χ2v) is 3.13. The Morgan fingerprint density at radius 1 is 1.00 bits per heavy atom. The molecule has 0 bridgehead atoms. The fourth-order valence-electron chi connectivity index (χ4n) is 1.62. The molecule has 1 saturated carbocycles. The first kappa shape index (κ1) is 6.58. The van der Waals surface area contributed by atoms with E-state index in [-0.39, 0.29) is 24.4 Å². The summed E-state index contributed by atoms with van der Waals surface area (Å²) in [6.45, 7) is 0. The molecule has 4 atom stereocenters. The highest BCUT2D eigenvalue weighted by atomic mass is 16.6. The van der Waals surface area contributed by atoms with Gasteiger partial charge in [0.15, 0.2) is 0 Å². The minimum absolute atomic E-state index is 0.0579. The van der Waals surface area contributed by atoms with Gasteiger partial charge in [0.1, 0.15) is 12.2 Å². The van der Waals surface area contributed by atoms with Crippen LogP contribution in [-0.2, 0) is 4.74 Å². The van der Waals surface area contributed by atoms with Gasteiger partial charge in [-0.15, -0.1) is 0 Å². The second-order valence-electron chi connectivity index (χ2n) is 3.13. The van der Waals surface area contributed by atoms with E-state index in [0.717, 1.165) is 19.3 Å². The highest BCUT2D eigenvalue weighted by molar-refractivity contribution is 4.97. The summed E-state index contributed by atoms with van der Waals surface area (Å²) < 4.78 is 5.08. The summed E-state index contributed by atoms with van der Waals surface area (Å²) in [4.78, 5) is 0. The molecule has 2 aliphatic rings. The summed E-state index contributed by atoms with van der Waals surface area (Å²) in [6, 6.07) is 0. The van der Waals surface area contributed by atoms with Gasteiger partial charge in [0.2, 0.25) is 0 Å². The van der Waals surface area contributed by atoms with Gasteiger partial charge in [-0.3, -0.25) is 0 Å². The molecule has 2 N–H and O–H groups in total. The summed E-state index contributed by atoms with van der Waals surface area (Å²) in [5.74, 6) is 0. The summed E-state index contributed by atoms with van der Waals surface area (Å²) in [6.07, 6.45) is 1.69. The molecule has 0 radical (unpaired) electrons. The lowest BCUT2D eigenvalue weighted by molar-refractivity contribution is 0.0982. The average molecular weight is 144 g/mol. The lowest BCUT2D eigenvalue weighted by atomic mass is 10.1. The Hall–Kier alpha value is -0.120. The van der Waals surface area contributed by atoms with Gasteiger partial charge in [-0.05, 0) is 19.3 Å². The molecular weight excluding hydrogens is 132 g/mol. The van der Waals surface area contributed by atoms with Crippen molar-refractivity contribution < 1.29 is 14.9 Å². The third-order valence-corrected chi connectivity index (χ3v) is 2.32. The van der Waals surface area contributed by atoms with Gasteiger partial charge >= 0.3 is 0 Å². The van der Waals surface area contributed by atoms with Crippen molar-refractivity contribution >= 4 is 0 Å². The SMILES string of the molecule is O[C@@H]1CCC[C@H](O)[C@H]2O[C@H]21. The van der Waals surface area contributed by atoms with E-state index in [1.807, 2.05) is 0 Å². The number of fused-ring (bicyclic) bond motifs is 1. The Morgan fingerprint density at radius 3 is 2.00 bits per heavy atom. The molecule has 0 aromatic carbocycles. The van der Waals surface area contributed by atoms with Crippen molar-refractivity contribution in [3.63, 3.8) is 0 Å². The van der Waals surface area contributed by atoms with Crippen LogP contribution in [0.1, 0.15) is 19.3 Å². The number of ether oxygens (including phenoxy) is 1. The average Bonchev–Trinajstić information content (AvgIpc) is 2.63. The van der Waals surface area contributed by atoms with Crippen LogP contribution in [0.4, 0.5) is 0 Å². The lowest BCUT2D eigenvalue weighted by Crippen LogP contribution is -2.18. The summed E-state index contributed by atoms with van der Waals surface area (Å²) in [7, 11) is 0. The van der Waals surface area contributed by atoms with Crippen LogP contribution in [0.5, 0.6) is 0 Å². The standard InChI is InChI=1S/C7H12O3/c8-4-2-1-3-5(9)7-6(4)10-7/h4-9H,1-3H2/t4-,5+,6+,7-. The van der Waals surface area contributed by atoms with Crippen molar-refractivity contribution in [2.75, 3.05) is 0 Å². The summed E-state index contributed by atoms with van der Waals surface area (Å²) in [5.41, 5.74) is 0. The van der Waals surface area contributed by atoms with Crippen LogP contribution in [0.3, 0.4) is 0 Å². The van der Waals surface area contributed by atoms with E-state index < -0.39 is 0 Å². The molecule has 1 saturated heterocycles. The molecule has 2 fully saturated rings. The normalized spacial score (nSPS) is 53.4. The van der Waals surface area contributed by atoms with Crippen molar-refractivity contribution in [3.8, 4) is 0 Å². The van der Waals surface area contributed by atoms with E-state index in [1.54, 1.807) is 0 Å². The van der Waals surface area contributed by atoms with Crippen LogP contribution in [-0.4, -0.2) is 34.6 Å². The molecule has 1 heterocycles. The molecule has 3 nitrogen and oxygen atoms in total. The summed E-state index contributed by atoms with van der Waals surface area (Å²) in [5, 5.41) is 18.6. The molecular formula is C7H12O3. The number of hydrogen-bond donors (Lipinski definition) is 2. The van der Waals surface area contributed by atoms with Gasteiger partial charge in [0.25, 0.3) is 0 Å². The van der Waals surface area contributed by atoms with Crippen molar-refractivity contribution in [1.29, 1.82) is 0 Å². The Bertz CT molecular complexity index is 123. The van der Waals surface area contributed by atoms with Crippen LogP contribution in [0.2, 0.25) is 0 Å². The van der Waals surface area contributed by atoms with Crippen molar-refractivity contribution in [1.82, 2.24) is 0 Å². The quantitative estimate of drug-likeness (QED) is 0.457. The molecule has 0 aromatic rings. The lowest BCUT2D eigenvalue weighted by Gasteiger charge is -2.03. The molecule has 0 aromatic heterocycles. The Kier molecular flexibility index (Phi) is 1.44. The predicted molar refractivity (Wildman–Crippen MR) is 34.5 cm³/mol. The van der Waals surface area contributed by atoms with E-state index >= 15 is 0 Å². The second kappa shape index (κ2) is 2.19. The smallest absolute Gasteiger partial charge is 0.113 e. The van der Waals surface area contributed by atoms with Crippen molar-refractivity contribution in [3.05, 3.63) is 0 Å². The molecule has 0 unspecified atom stereocenters. The fraction of sp³-hybridized carbons (Fsp3) is 1.00. The van der Waals surface area contributed by atoms with E-state index in [2.05, 4.69) is 0 Å². The number of aliphatic hydroxyl groups excluding tert-OH is 2. The van der Waals surface area contributed by atoms with E-state index in [4.69, 9.17) is 4.74 Å². The zero-order valence-electron chi connectivity index (χ0n) is 5.73. The molecule has 1 aliphatic heterocycles. The predicted octanol–water partition coefficient (Wildman–Crippen LogP) is -0.341. The van der Waals surface area contributed by atoms with Gasteiger partial charge in [-0.1, -0.05) is 0 Å². The van der Waals surface area contributed by atoms with E-state index in [0.29, 0.717) is 0 Å². The number of rotatable bonds is 0. The van der Waals surface area contributed by atoms with Crippen molar-refractivity contribution in [2.45, 2.75) is 43.7 Å². The van der Waals surface area contributed by atoms with E-state index in [9.17, 15) is 10.2 Å². The molecule has 58 valence electrons. The van der Waals surface area contributed by atoms with Crippen LogP contribution >= 0.6 is 0 Å². The van der Waals surface area contributed by atoms with Crippen LogP contribution < -0.4 is 0 Å². The first-order valence-electron chi connectivity index (χ1n) is 3.80. The first-order chi connectivity index (χ1) is 4.79. The number of aliphatic hydroxyl groups is 2. The maximum absolute atomic E-state index is 9.28. The maximum atomic E-state index is 9.28. The zero-order valence-corrected chi connectivity index (χ0v) is 5.73. The molecule has 10 heavy (non-hydrogen) atoms. The van der Waals surface area contributed by atoms with Gasteiger partial charge in [-0.2, -0.15) is 0 Å². The Balaban J connectivity index is 2.00. The Labute approximate surface area is 59.6 Å². The van der Waals surface area contributed by atoms with Crippen LogP contribution in [0.25, 0.3) is 0 Å². The number of hydrogen-bond acceptors (Lipinski definition) is 3. The fourth-order valence-corrected chi connectivity index (χ4v) is 1.62. The Morgan fingerprint density at radius 2 is 1.50 bits per heavy atom. The van der Waals surface area contributed by atoms with Gasteiger partial charge in [-0.25, -0.2) is 0 Å². The number of epoxide rings is 1. The molecule has 2 rings (SSSR count). The molecule has 0 amide bonds. The third kappa shape index (κ3) is 0.944. The molecule has 3 heteroatoms. The van der Waals surface area contributed by atoms with Crippen LogP contribution in [0, 0.1) is 0 Å². The minimum atomic E-state index is -0.331. The highest BCUT2D eigenvalue weighted by Crippen LogP contribution is 2.35. The first-order valence-corrected chi connectivity index (χ1v) is 3.80. The summed E-state index contributed by atoms with van der Waals surface area (Å²) >= 11 is 0. The van der Waals surface area contributed by atoms with Gasteiger partial charge in [0, 0.05) is 0 Å². The molecule has 1 aliphatic carbocycles. The zero-order chi connectivity index (χ0) is 7.14. The van der Waals surface area contributed by atoms with E-state index in [1.165, 1.54) is 0 Å². The van der Waals surface area contributed by atoms with Crippen molar-refractivity contribution in [2.24, 2.45) is 0 Å². The van der Waals surface area contributed by atoms with Gasteiger partial charge in [0.05, 0.1) is 12.2 Å². The maximum Gasteiger partial charge on any atom is 0.113 e. The largest absolute Gasteiger partial charge is 0.390 e. The molecule has 0 spiro atoms. The monoisotopic (exact) mass is 144 g/mol. The minimum Gasteiger partial charge on any atom is -0.390 e. The third-order valence-electron chi connectivity index (χ3n) is 2.32. The highest BCUT2D eigenvalue weighted by Gasteiger charge is 2.49.